The van der Waals surface area contributed by atoms with Gasteiger partial charge < -0.3 is 11.1 Å². The van der Waals surface area contributed by atoms with Crippen LogP contribution in [0.2, 0.25) is 5.02 Å². The molecular formula is C17H14ClFN4. The molecule has 0 fully saturated rings. The van der Waals surface area contributed by atoms with Crippen LogP contribution in [-0.2, 0) is 0 Å². The van der Waals surface area contributed by atoms with E-state index in [1.54, 1.807) is 24.3 Å². The number of halogens is 2. The molecule has 23 heavy (non-hydrogen) atoms. The summed E-state index contributed by atoms with van der Waals surface area (Å²) in [7, 11) is 0. The van der Waals surface area contributed by atoms with E-state index in [1.165, 1.54) is 12.1 Å². The van der Waals surface area contributed by atoms with Gasteiger partial charge in [-0.1, -0.05) is 23.7 Å². The fraction of sp³-hybridized carbons (Fsp3) is 0.0588. The number of nitrogens with two attached hydrogens (primary N) is 1. The Bertz CT molecular complexity index is 829. The van der Waals surface area contributed by atoms with Crippen molar-refractivity contribution in [3.05, 3.63) is 65.1 Å². The van der Waals surface area contributed by atoms with Crippen LogP contribution in [0.15, 0.2) is 48.5 Å². The summed E-state index contributed by atoms with van der Waals surface area (Å²) in [6, 6.07) is 13.5. The monoisotopic (exact) mass is 328 g/mol. The van der Waals surface area contributed by atoms with Gasteiger partial charge in [0.05, 0.1) is 0 Å². The van der Waals surface area contributed by atoms with E-state index < -0.39 is 0 Å². The molecule has 0 saturated heterocycles. The number of hydrogen-bond donors (Lipinski definition) is 2. The minimum Gasteiger partial charge on any atom is -0.368 e. The van der Waals surface area contributed by atoms with Crippen molar-refractivity contribution in [1.29, 1.82) is 0 Å². The average molecular weight is 329 g/mol. The van der Waals surface area contributed by atoms with Gasteiger partial charge in [-0.05, 0) is 48.4 Å². The highest BCUT2D eigenvalue weighted by molar-refractivity contribution is 6.31. The normalized spacial score (nSPS) is 10.6. The van der Waals surface area contributed by atoms with E-state index in [0.717, 1.165) is 22.5 Å². The van der Waals surface area contributed by atoms with Gasteiger partial charge in [0.2, 0.25) is 5.95 Å². The number of hydrogen-bond acceptors (Lipinski definition) is 4. The minimum absolute atomic E-state index is 0.202. The molecule has 0 unspecified atom stereocenters. The van der Waals surface area contributed by atoms with Crippen LogP contribution in [-0.4, -0.2) is 9.97 Å². The maximum absolute atomic E-state index is 13.1. The Kier molecular flexibility index (Phi) is 4.12. The zero-order valence-electron chi connectivity index (χ0n) is 12.3. The van der Waals surface area contributed by atoms with Gasteiger partial charge in [0.15, 0.2) is 0 Å². The first kappa shape index (κ1) is 15.2. The van der Waals surface area contributed by atoms with Crippen LogP contribution in [0.25, 0.3) is 11.1 Å². The fourth-order valence-electron chi connectivity index (χ4n) is 2.27. The van der Waals surface area contributed by atoms with Gasteiger partial charge in [-0.25, -0.2) is 9.37 Å². The van der Waals surface area contributed by atoms with Gasteiger partial charge >= 0.3 is 0 Å². The Hall–Kier alpha value is -2.66. The van der Waals surface area contributed by atoms with Crippen molar-refractivity contribution < 1.29 is 4.39 Å². The lowest BCUT2D eigenvalue weighted by Crippen LogP contribution is -2.01. The standard InChI is InChI=1S/C17H14ClFN4/c1-10-6-16(23-17(20)21-10)22-15-8-12(7-13(18)9-15)11-2-4-14(19)5-3-11/h2-9H,1H3,(H3,20,21,22,23). The molecule has 3 aromatic rings. The number of aryl methyl sites for hydroxylation is 1. The lowest BCUT2D eigenvalue weighted by molar-refractivity contribution is 0.628. The Morgan fingerprint density at radius 3 is 2.43 bits per heavy atom. The Morgan fingerprint density at radius 1 is 1.00 bits per heavy atom. The number of aromatic nitrogens is 2. The zero-order valence-corrected chi connectivity index (χ0v) is 13.1. The van der Waals surface area contributed by atoms with Crippen molar-refractivity contribution in [3.63, 3.8) is 0 Å². The highest BCUT2D eigenvalue weighted by Crippen LogP contribution is 2.29. The molecule has 3 rings (SSSR count). The molecule has 0 atom stereocenters. The predicted octanol–water partition coefficient (Wildman–Crippen LogP) is 4.57. The predicted molar refractivity (Wildman–Crippen MR) is 91.3 cm³/mol. The molecule has 0 radical (unpaired) electrons. The maximum atomic E-state index is 13.1. The number of nitrogen functional groups attached to an aromatic ring is 1. The van der Waals surface area contributed by atoms with Gasteiger partial charge in [0, 0.05) is 22.5 Å². The van der Waals surface area contributed by atoms with Crippen LogP contribution in [0.1, 0.15) is 5.69 Å². The Morgan fingerprint density at radius 2 is 1.74 bits per heavy atom. The second-order valence-corrected chi connectivity index (χ2v) is 5.55. The van der Waals surface area contributed by atoms with Crippen LogP contribution >= 0.6 is 11.6 Å². The molecular weight excluding hydrogens is 315 g/mol. The highest BCUT2D eigenvalue weighted by Gasteiger charge is 2.05. The Balaban J connectivity index is 1.95. The van der Waals surface area contributed by atoms with Crippen molar-refractivity contribution in [3.8, 4) is 11.1 Å². The summed E-state index contributed by atoms with van der Waals surface area (Å²) < 4.78 is 13.1. The molecule has 3 N–H and O–H groups in total. The van der Waals surface area contributed by atoms with Crippen molar-refractivity contribution in [2.24, 2.45) is 0 Å². The van der Waals surface area contributed by atoms with E-state index in [9.17, 15) is 4.39 Å². The van der Waals surface area contributed by atoms with Crippen molar-refractivity contribution in [2.75, 3.05) is 11.1 Å². The third-order valence-electron chi connectivity index (χ3n) is 3.22. The number of rotatable bonds is 3. The molecule has 0 saturated carbocycles. The molecule has 0 bridgehead atoms. The molecule has 0 aliphatic carbocycles. The van der Waals surface area contributed by atoms with Crippen LogP contribution in [0.5, 0.6) is 0 Å². The summed E-state index contributed by atoms with van der Waals surface area (Å²) >= 11 is 6.19. The first-order chi connectivity index (χ1) is 11.0. The summed E-state index contributed by atoms with van der Waals surface area (Å²) in [5.41, 5.74) is 8.92. The quantitative estimate of drug-likeness (QED) is 0.739. The lowest BCUT2D eigenvalue weighted by Gasteiger charge is -2.10. The number of benzene rings is 2. The number of nitrogens with one attached hydrogen (secondary N) is 1. The molecule has 2 aromatic carbocycles. The summed E-state index contributed by atoms with van der Waals surface area (Å²) in [5.74, 6) is 0.511. The van der Waals surface area contributed by atoms with E-state index in [2.05, 4.69) is 15.3 Å². The highest BCUT2D eigenvalue weighted by atomic mass is 35.5. The Labute approximate surface area is 138 Å². The molecule has 6 heteroatoms. The molecule has 0 spiro atoms. The van der Waals surface area contributed by atoms with E-state index in [-0.39, 0.29) is 11.8 Å². The lowest BCUT2D eigenvalue weighted by atomic mass is 10.1. The summed E-state index contributed by atoms with van der Waals surface area (Å²) in [6.07, 6.45) is 0. The summed E-state index contributed by atoms with van der Waals surface area (Å²) in [4.78, 5) is 8.17. The van der Waals surface area contributed by atoms with Crippen LogP contribution in [0, 0.1) is 12.7 Å². The van der Waals surface area contributed by atoms with E-state index in [4.69, 9.17) is 17.3 Å². The molecule has 0 aliphatic rings. The first-order valence-electron chi connectivity index (χ1n) is 6.94. The largest absolute Gasteiger partial charge is 0.368 e. The molecule has 0 aliphatic heterocycles. The van der Waals surface area contributed by atoms with Crippen LogP contribution in [0.4, 0.5) is 21.8 Å². The van der Waals surface area contributed by atoms with Gasteiger partial charge in [-0.15, -0.1) is 0 Å². The number of anilines is 3. The SMILES string of the molecule is Cc1cc(Nc2cc(Cl)cc(-c3ccc(F)cc3)c2)nc(N)n1. The molecule has 1 aromatic heterocycles. The minimum atomic E-state index is -0.277. The summed E-state index contributed by atoms with van der Waals surface area (Å²) in [5, 5.41) is 3.72. The van der Waals surface area contributed by atoms with Crippen LogP contribution in [0.3, 0.4) is 0 Å². The fourth-order valence-corrected chi connectivity index (χ4v) is 2.51. The maximum Gasteiger partial charge on any atom is 0.222 e. The van der Waals surface area contributed by atoms with Crippen molar-refractivity contribution >= 4 is 29.1 Å². The van der Waals surface area contributed by atoms with Crippen molar-refractivity contribution in [2.45, 2.75) is 6.92 Å². The van der Waals surface area contributed by atoms with E-state index >= 15 is 0 Å². The van der Waals surface area contributed by atoms with E-state index in [1.807, 2.05) is 19.1 Å². The zero-order chi connectivity index (χ0) is 16.4. The molecule has 1 heterocycles. The second-order valence-electron chi connectivity index (χ2n) is 5.11. The topological polar surface area (TPSA) is 63.8 Å². The van der Waals surface area contributed by atoms with Gasteiger partial charge in [-0.2, -0.15) is 4.98 Å². The molecule has 0 amide bonds. The third kappa shape index (κ3) is 3.76. The van der Waals surface area contributed by atoms with Gasteiger partial charge in [-0.3, -0.25) is 0 Å². The van der Waals surface area contributed by atoms with Crippen molar-refractivity contribution in [1.82, 2.24) is 9.97 Å². The van der Waals surface area contributed by atoms with E-state index in [0.29, 0.717) is 10.8 Å². The smallest absolute Gasteiger partial charge is 0.222 e. The third-order valence-corrected chi connectivity index (χ3v) is 3.44. The average Bonchev–Trinajstić information content (AvgIpc) is 2.46. The first-order valence-corrected chi connectivity index (χ1v) is 7.32. The van der Waals surface area contributed by atoms with Gasteiger partial charge in [0.25, 0.3) is 0 Å². The number of nitrogens with zero attached hydrogens (tertiary/aromatic N) is 2. The molecule has 116 valence electrons. The molecule has 4 nitrogen and oxygen atoms in total. The summed E-state index contributed by atoms with van der Waals surface area (Å²) in [6.45, 7) is 1.84. The second kappa shape index (κ2) is 6.22. The van der Waals surface area contributed by atoms with Crippen LogP contribution < -0.4 is 11.1 Å². The van der Waals surface area contributed by atoms with Gasteiger partial charge in [0.1, 0.15) is 11.6 Å².